The number of rotatable bonds is 1. The predicted molar refractivity (Wildman–Crippen MR) is 57.5 cm³/mol. The van der Waals surface area contributed by atoms with Gasteiger partial charge in [-0.25, -0.2) is 0 Å². The third-order valence-corrected chi connectivity index (χ3v) is 3.65. The minimum atomic E-state index is 0.101. The van der Waals surface area contributed by atoms with Gasteiger partial charge in [-0.3, -0.25) is 4.79 Å². The highest BCUT2D eigenvalue weighted by Crippen LogP contribution is 2.56. The molecule has 2 heteroatoms. The molecule has 3 rings (SSSR count). The van der Waals surface area contributed by atoms with Crippen LogP contribution in [0.4, 0.5) is 0 Å². The van der Waals surface area contributed by atoms with Crippen molar-refractivity contribution in [2.24, 2.45) is 0 Å². The first-order chi connectivity index (χ1) is 7.23. The van der Waals surface area contributed by atoms with E-state index in [-0.39, 0.29) is 5.78 Å². The van der Waals surface area contributed by atoms with Crippen molar-refractivity contribution in [3.8, 4) is 5.75 Å². The van der Waals surface area contributed by atoms with E-state index in [4.69, 9.17) is 4.74 Å². The molecular weight excluding hydrogens is 188 g/mol. The van der Waals surface area contributed by atoms with E-state index >= 15 is 0 Å². The molecule has 0 atom stereocenters. The average molecular weight is 202 g/mol. The number of ether oxygens (including phenoxy) is 1. The summed E-state index contributed by atoms with van der Waals surface area (Å²) in [5.41, 5.74) is 2.37. The van der Waals surface area contributed by atoms with Gasteiger partial charge in [0.15, 0.2) is 5.78 Å². The topological polar surface area (TPSA) is 26.3 Å². The summed E-state index contributed by atoms with van der Waals surface area (Å²) >= 11 is 0. The van der Waals surface area contributed by atoms with Crippen LogP contribution in [0.15, 0.2) is 18.2 Å². The molecule has 1 fully saturated rings. The Bertz CT molecular complexity index is 430. The molecule has 0 saturated heterocycles. The summed E-state index contributed by atoms with van der Waals surface area (Å²) in [7, 11) is 0. The summed E-state index contributed by atoms with van der Waals surface area (Å²) in [5, 5.41) is 0. The van der Waals surface area contributed by atoms with E-state index in [9.17, 15) is 4.79 Å². The minimum absolute atomic E-state index is 0.101. The zero-order valence-corrected chi connectivity index (χ0v) is 8.88. The van der Waals surface area contributed by atoms with Gasteiger partial charge >= 0.3 is 0 Å². The molecule has 0 bridgehead atoms. The maximum absolute atomic E-state index is 11.5. The molecule has 0 N–H and O–H groups in total. The van der Waals surface area contributed by atoms with Crippen molar-refractivity contribution in [1.82, 2.24) is 0 Å². The Morgan fingerprint density at radius 1 is 1.33 bits per heavy atom. The number of carbonyl (C=O) groups excluding carboxylic acids is 1. The standard InChI is InChI=1S/C13H14O2/c1-9(14)10-3-2-4-11-12(10)15-8-7-13(11)5-6-13/h2-4H,5-8H2,1H3. The molecule has 1 aromatic carbocycles. The van der Waals surface area contributed by atoms with E-state index in [1.807, 2.05) is 12.1 Å². The smallest absolute Gasteiger partial charge is 0.163 e. The van der Waals surface area contributed by atoms with Gasteiger partial charge in [-0.15, -0.1) is 0 Å². The maximum Gasteiger partial charge on any atom is 0.163 e. The Labute approximate surface area is 89.2 Å². The second-order valence-corrected chi connectivity index (χ2v) is 4.62. The van der Waals surface area contributed by atoms with Crippen LogP contribution in [0.25, 0.3) is 0 Å². The summed E-state index contributed by atoms with van der Waals surface area (Å²) in [5.74, 6) is 0.957. The molecule has 1 spiro atoms. The third kappa shape index (κ3) is 1.21. The predicted octanol–water partition coefficient (Wildman–Crippen LogP) is 2.70. The summed E-state index contributed by atoms with van der Waals surface area (Å²) in [4.78, 5) is 11.5. The van der Waals surface area contributed by atoms with Gasteiger partial charge in [0.2, 0.25) is 0 Å². The van der Waals surface area contributed by atoms with Crippen molar-refractivity contribution in [1.29, 1.82) is 0 Å². The van der Waals surface area contributed by atoms with E-state index in [1.54, 1.807) is 6.92 Å². The van der Waals surface area contributed by atoms with Crippen LogP contribution in [0.1, 0.15) is 42.1 Å². The van der Waals surface area contributed by atoms with Crippen LogP contribution >= 0.6 is 0 Å². The van der Waals surface area contributed by atoms with Crippen LogP contribution in [0.3, 0.4) is 0 Å². The first-order valence-corrected chi connectivity index (χ1v) is 5.50. The average Bonchev–Trinajstić information content (AvgIpc) is 2.98. The molecular formula is C13H14O2. The second-order valence-electron chi connectivity index (χ2n) is 4.62. The van der Waals surface area contributed by atoms with Crippen LogP contribution in [0.5, 0.6) is 5.75 Å². The lowest BCUT2D eigenvalue weighted by Gasteiger charge is -2.26. The number of hydrogen-bond acceptors (Lipinski definition) is 2. The van der Waals surface area contributed by atoms with Crippen LogP contribution in [-0.2, 0) is 5.41 Å². The Morgan fingerprint density at radius 2 is 2.13 bits per heavy atom. The zero-order valence-electron chi connectivity index (χ0n) is 8.88. The molecule has 0 aromatic heterocycles. The van der Waals surface area contributed by atoms with E-state index in [0.29, 0.717) is 5.41 Å². The molecule has 0 amide bonds. The molecule has 1 aliphatic heterocycles. The maximum atomic E-state index is 11.5. The largest absolute Gasteiger partial charge is 0.492 e. The Balaban J connectivity index is 2.18. The van der Waals surface area contributed by atoms with Crippen molar-refractivity contribution in [2.75, 3.05) is 6.61 Å². The molecule has 15 heavy (non-hydrogen) atoms. The van der Waals surface area contributed by atoms with E-state index in [0.717, 1.165) is 24.3 Å². The number of carbonyl (C=O) groups is 1. The first-order valence-electron chi connectivity index (χ1n) is 5.50. The Hall–Kier alpha value is -1.31. The summed E-state index contributed by atoms with van der Waals surface area (Å²) in [6.07, 6.45) is 3.62. The van der Waals surface area contributed by atoms with Crippen molar-refractivity contribution >= 4 is 5.78 Å². The lowest BCUT2D eigenvalue weighted by atomic mass is 9.88. The van der Waals surface area contributed by atoms with Crippen LogP contribution < -0.4 is 4.74 Å². The fraction of sp³-hybridized carbons (Fsp3) is 0.462. The molecule has 78 valence electrons. The van der Waals surface area contributed by atoms with E-state index in [2.05, 4.69) is 6.07 Å². The number of Topliss-reactive ketones (excluding diaryl/α,β-unsaturated/α-hetero) is 1. The van der Waals surface area contributed by atoms with E-state index < -0.39 is 0 Å². The molecule has 1 aliphatic carbocycles. The highest BCUT2D eigenvalue weighted by Gasteiger charge is 2.48. The van der Waals surface area contributed by atoms with Crippen molar-refractivity contribution in [2.45, 2.75) is 31.6 Å². The second kappa shape index (κ2) is 2.84. The lowest BCUT2D eigenvalue weighted by Crippen LogP contribution is -2.21. The van der Waals surface area contributed by atoms with Gasteiger partial charge in [-0.2, -0.15) is 0 Å². The number of para-hydroxylation sites is 1. The van der Waals surface area contributed by atoms with Gasteiger partial charge in [-0.05, 0) is 32.3 Å². The minimum Gasteiger partial charge on any atom is -0.492 e. The van der Waals surface area contributed by atoms with Crippen LogP contribution in [-0.4, -0.2) is 12.4 Å². The van der Waals surface area contributed by atoms with Gasteiger partial charge in [0.1, 0.15) is 5.75 Å². The van der Waals surface area contributed by atoms with E-state index in [1.165, 1.54) is 18.4 Å². The molecule has 1 heterocycles. The number of benzene rings is 1. The fourth-order valence-electron chi connectivity index (χ4n) is 2.54. The van der Waals surface area contributed by atoms with Crippen molar-refractivity contribution < 1.29 is 9.53 Å². The first kappa shape index (κ1) is 8.96. The normalized spacial score (nSPS) is 20.6. The monoisotopic (exact) mass is 202 g/mol. The van der Waals surface area contributed by atoms with Crippen LogP contribution in [0, 0.1) is 0 Å². The van der Waals surface area contributed by atoms with Gasteiger partial charge in [-0.1, -0.05) is 12.1 Å². The fourth-order valence-corrected chi connectivity index (χ4v) is 2.54. The highest BCUT2D eigenvalue weighted by atomic mass is 16.5. The number of ketones is 1. The molecule has 1 saturated carbocycles. The SMILES string of the molecule is CC(=O)c1cccc2c1OCCC21CC1. The van der Waals surface area contributed by atoms with Gasteiger partial charge in [0.05, 0.1) is 12.2 Å². The highest BCUT2D eigenvalue weighted by molar-refractivity contribution is 5.97. The summed E-state index contributed by atoms with van der Waals surface area (Å²) in [6, 6.07) is 5.96. The number of hydrogen-bond donors (Lipinski definition) is 0. The Kier molecular flexibility index (Phi) is 1.70. The molecule has 2 nitrogen and oxygen atoms in total. The van der Waals surface area contributed by atoms with Crippen molar-refractivity contribution in [3.63, 3.8) is 0 Å². The van der Waals surface area contributed by atoms with Gasteiger partial charge in [0.25, 0.3) is 0 Å². The number of fused-ring (bicyclic) bond motifs is 2. The lowest BCUT2D eigenvalue weighted by molar-refractivity contribution is 0.101. The zero-order chi connectivity index (χ0) is 10.5. The Morgan fingerprint density at radius 3 is 2.80 bits per heavy atom. The summed E-state index contributed by atoms with van der Waals surface area (Å²) < 4.78 is 5.67. The van der Waals surface area contributed by atoms with Crippen molar-refractivity contribution in [3.05, 3.63) is 29.3 Å². The quantitative estimate of drug-likeness (QED) is 0.654. The molecule has 0 radical (unpaired) electrons. The van der Waals surface area contributed by atoms with Crippen LogP contribution in [0.2, 0.25) is 0 Å². The molecule has 2 aliphatic rings. The van der Waals surface area contributed by atoms with Gasteiger partial charge < -0.3 is 4.74 Å². The molecule has 1 aromatic rings. The summed E-state index contributed by atoms with van der Waals surface area (Å²) in [6.45, 7) is 2.37. The third-order valence-electron chi connectivity index (χ3n) is 3.65. The molecule has 0 unspecified atom stereocenters. The van der Waals surface area contributed by atoms with Gasteiger partial charge in [0, 0.05) is 11.0 Å².